The molecule has 0 spiro atoms. The highest BCUT2D eigenvalue weighted by Crippen LogP contribution is 2.21. The molecule has 0 aliphatic heterocycles. The van der Waals surface area contributed by atoms with Gasteiger partial charge in [0, 0.05) is 6.54 Å². The molecule has 0 rings (SSSR count). The fourth-order valence-electron chi connectivity index (χ4n) is 1.70. The lowest BCUT2D eigenvalue weighted by Gasteiger charge is -2.36. The van der Waals surface area contributed by atoms with Crippen molar-refractivity contribution >= 4 is 5.97 Å². The third-order valence-electron chi connectivity index (χ3n) is 2.68. The Kier molecular flexibility index (Phi) is 5.13. The molecule has 0 saturated heterocycles. The van der Waals surface area contributed by atoms with Crippen LogP contribution in [0.4, 0.5) is 0 Å². The molecule has 0 radical (unpaired) electrons. The number of carbonyl (C=O) groups is 1. The molecule has 0 saturated carbocycles. The summed E-state index contributed by atoms with van der Waals surface area (Å²) in [5, 5.41) is 9.21. The van der Waals surface area contributed by atoms with Crippen molar-refractivity contribution in [1.82, 2.24) is 4.90 Å². The Labute approximate surface area is 87.1 Å². The van der Waals surface area contributed by atoms with Gasteiger partial charge in [0.05, 0.1) is 0 Å². The Bertz CT molecular complexity index is 192. The van der Waals surface area contributed by atoms with Gasteiger partial charge < -0.3 is 5.11 Å². The van der Waals surface area contributed by atoms with Gasteiger partial charge in [0.2, 0.25) is 0 Å². The van der Waals surface area contributed by atoms with Crippen LogP contribution in [0.15, 0.2) is 0 Å². The number of hydrogen-bond donors (Lipinski definition) is 1. The summed E-state index contributed by atoms with van der Waals surface area (Å²) in [7, 11) is 1.89. The maximum Gasteiger partial charge on any atom is 0.323 e. The van der Waals surface area contributed by atoms with Gasteiger partial charge in [0.25, 0.3) is 0 Å². The van der Waals surface area contributed by atoms with Gasteiger partial charge in [-0.15, -0.1) is 0 Å². The third kappa shape index (κ3) is 3.29. The first-order valence-corrected chi connectivity index (χ1v) is 5.29. The zero-order chi connectivity index (χ0) is 11.4. The minimum Gasteiger partial charge on any atom is -0.480 e. The molecule has 0 aromatic rings. The van der Waals surface area contributed by atoms with Gasteiger partial charge in [-0.2, -0.15) is 0 Å². The minimum absolute atomic E-state index is 0.496. The van der Waals surface area contributed by atoms with Crippen molar-refractivity contribution in [3.63, 3.8) is 0 Å². The highest BCUT2D eigenvalue weighted by atomic mass is 16.4. The SMILES string of the molecule is CCCC(C)(C(=O)O)N(C)CC(C)C. The molecular formula is C11H23NO2. The van der Waals surface area contributed by atoms with Crippen LogP contribution in [0.5, 0.6) is 0 Å². The van der Waals surface area contributed by atoms with Crippen LogP contribution in [-0.2, 0) is 4.79 Å². The first-order chi connectivity index (χ1) is 6.34. The summed E-state index contributed by atoms with van der Waals surface area (Å²) in [6.45, 7) is 8.85. The maximum atomic E-state index is 11.2. The summed E-state index contributed by atoms with van der Waals surface area (Å²) in [5.74, 6) is -0.224. The lowest BCUT2D eigenvalue weighted by Crippen LogP contribution is -2.51. The van der Waals surface area contributed by atoms with Crippen molar-refractivity contribution in [2.24, 2.45) is 5.92 Å². The maximum absolute atomic E-state index is 11.2. The Balaban J connectivity index is 4.55. The van der Waals surface area contributed by atoms with Crippen molar-refractivity contribution in [1.29, 1.82) is 0 Å². The average Bonchev–Trinajstić information content (AvgIpc) is 2.02. The standard InChI is InChI=1S/C11H23NO2/c1-6-7-11(4,10(13)14)12(5)8-9(2)3/h9H,6-8H2,1-5H3,(H,13,14). The molecule has 0 aliphatic carbocycles. The Hall–Kier alpha value is -0.570. The number of likely N-dealkylation sites (N-methyl/N-ethyl adjacent to an activating group) is 1. The molecule has 0 aromatic carbocycles. The number of carboxylic acids is 1. The first kappa shape index (κ1) is 13.4. The van der Waals surface area contributed by atoms with Crippen LogP contribution < -0.4 is 0 Å². The molecule has 0 amide bonds. The number of carboxylic acid groups (broad SMARTS) is 1. The zero-order valence-corrected chi connectivity index (χ0v) is 10.0. The summed E-state index contributed by atoms with van der Waals surface area (Å²) in [6, 6.07) is 0. The van der Waals surface area contributed by atoms with Gasteiger partial charge in [0.15, 0.2) is 0 Å². The van der Waals surface area contributed by atoms with E-state index < -0.39 is 11.5 Å². The Morgan fingerprint density at radius 1 is 1.50 bits per heavy atom. The lowest BCUT2D eigenvalue weighted by molar-refractivity contribution is -0.150. The van der Waals surface area contributed by atoms with E-state index in [1.807, 2.05) is 18.9 Å². The fourth-order valence-corrected chi connectivity index (χ4v) is 1.70. The summed E-state index contributed by atoms with van der Waals surface area (Å²) < 4.78 is 0. The van der Waals surface area contributed by atoms with E-state index in [1.54, 1.807) is 6.92 Å². The summed E-state index contributed by atoms with van der Waals surface area (Å²) in [5.41, 5.74) is -0.709. The van der Waals surface area contributed by atoms with Gasteiger partial charge in [0.1, 0.15) is 5.54 Å². The molecule has 0 fully saturated rings. The van der Waals surface area contributed by atoms with Gasteiger partial charge in [-0.1, -0.05) is 27.2 Å². The van der Waals surface area contributed by atoms with E-state index >= 15 is 0 Å². The van der Waals surface area contributed by atoms with Gasteiger partial charge >= 0.3 is 5.97 Å². The van der Waals surface area contributed by atoms with Crippen LogP contribution in [-0.4, -0.2) is 35.1 Å². The van der Waals surface area contributed by atoms with E-state index in [-0.39, 0.29) is 0 Å². The molecule has 84 valence electrons. The Morgan fingerprint density at radius 3 is 2.29 bits per heavy atom. The van der Waals surface area contributed by atoms with E-state index in [0.29, 0.717) is 12.3 Å². The van der Waals surface area contributed by atoms with E-state index in [9.17, 15) is 9.90 Å². The van der Waals surface area contributed by atoms with Crippen LogP contribution in [0, 0.1) is 5.92 Å². The van der Waals surface area contributed by atoms with Crippen molar-refractivity contribution in [2.45, 2.75) is 46.1 Å². The summed E-state index contributed by atoms with van der Waals surface area (Å²) in [6.07, 6.45) is 1.59. The van der Waals surface area contributed by atoms with E-state index in [1.165, 1.54) is 0 Å². The normalized spacial score (nSPS) is 15.9. The van der Waals surface area contributed by atoms with Gasteiger partial charge in [-0.05, 0) is 26.3 Å². The van der Waals surface area contributed by atoms with Crippen molar-refractivity contribution < 1.29 is 9.90 Å². The molecule has 1 unspecified atom stereocenters. The molecule has 3 heteroatoms. The van der Waals surface area contributed by atoms with Crippen LogP contribution in [0.25, 0.3) is 0 Å². The van der Waals surface area contributed by atoms with Crippen LogP contribution in [0.3, 0.4) is 0 Å². The molecular weight excluding hydrogens is 178 g/mol. The minimum atomic E-state index is -0.720. The van der Waals surface area contributed by atoms with Crippen LogP contribution >= 0.6 is 0 Å². The third-order valence-corrected chi connectivity index (χ3v) is 2.68. The molecule has 0 bridgehead atoms. The Morgan fingerprint density at radius 2 is 2.00 bits per heavy atom. The summed E-state index contributed by atoms with van der Waals surface area (Å²) in [4.78, 5) is 13.1. The van der Waals surface area contributed by atoms with E-state index in [0.717, 1.165) is 13.0 Å². The molecule has 14 heavy (non-hydrogen) atoms. The predicted molar refractivity (Wildman–Crippen MR) is 58.4 cm³/mol. The van der Waals surface area contributed by atoms with Crippen molar-refractivity contribution in [2.75, 3.05) is 13.6 Å². The molecule has 0 aromatic heterocycles. The molecule has 3 nitrogen and oxygen atoms in total. The monoisotopic (exact) mass is 201 g/mol. The van der Waals surface area contributed by atoms with Crippen LogP contribution in [0.2, 0.25) is 0 Å². The lowest BCUT2D eigenvalue weighted by atomic mass is 9.93. The predicted octanol–water partition coefficient (Wildman–Crippen LogP) is 2.22. The molecule has 1 N–H and O–H groups in total. The average molecular weight is 201 g/mol. The van der Waals surface area contributed by atoms with Crippen LogP contribution in [0.1, 0.15) is 40.5 Å². The number of hydrogen-bond acceptors (Lipinski definition) is 2. The summed E-state index contributed by atoms with van der Waals surface area (Å²) >= 11 is 0. The highest BCUT2D eigenvalue weighted by molar-refractivity contribution is 5.78. The number of rotatable bonds is 6. The fraction of sp³-hybridized carbons (Fsp3) is 0.909. The molecule has 0 aliphatic rings. The zero-order valence-electron chi connectivity index (χ0n) is 10.0. The highest BCUT2D eigenvalue weighted by Gasteiger charge is 2.36. The smallest absolute Gasteiger partial charge is 0.323 e. The first-order valence-electron chi connectivity index (χ1n) is 5.29. The van der Waals surface area contributed by atoms with E-state index in [4.69, 9.17) is 0 Å². The molecule has 0 heterocycles. The second kappa shape index (κ2) is 5.35. The quantitative estimate of drug-likeness (QED) is 0.716. The largest absolute Gasteiger partial charge is 0.480 e. The van der Waals surface area contributed by atoms with Crippen molar-refractivity contribution in [3.8, 4) is 0 Å². The number of aliphatic carboxylic acids is 1. The van der Waals surface area contributed by atoms with Gasteiger partial charge in [-0.25, -0.2) is 0 Å². The molecule has 1 atom stereocenters. The topological polar surface area (TPSA) is 40.5 Å². The second-order valence-corrected chi connectivity index (χ2v) is 4.60. The second-order valence-electron chi connectivity index (χ2n) is 4.60. The number of nitrogens with zero attached hydrogens (tertiary/aromatic N) is 1. The van der Waals surface area contributed by atoms with Gasteiger partial charge in [-0.3, -0.25) is 9.69 Å². The van der Waals surface area contributed by atoms with Crippen molar-refractivity contribution in [3.05, 3.63) is 0 Å². The van der Waals surface area contributed by atoms with E-state index in [2.05, 4.69) is 13.8 Å².